The molecule has 17 heavy (non-hydrogen) atoms. The van der Waals surface area contributed by atoms with E-state index in [9.17, 15) is 5.11 Å². The fraction of sp³-hybridized carbons (Fsp3) is 0.571. The van der Waals surface area contributed by atoms with Gasteiger partial charge >= 0.3 is 0 Å². The SMILES string of the molecule is C[C@@H](O)c1ccc(N(C)CC(C)(C)C)c(Br)c1. The standard InChI is InChI=1S/C14H22BrNO/c1-10(17)11-6-7-13(12(15)8-11)16(5)9-14(2,3)4/h6-8,10,17H,9H2,1-5H3/t10-/m1/s1. The Morgan fingerprint density at radius 3 is 2.35 bits per heavy atom. The van der Waals surface area contributed by atoms with Gasteiger partial charge in [-0.2, -0.15) is 0 Å². The Morgan fingerprint density at radius 1 is 1.35 bits per heavy atom. The van der Waals surface area contributed by atoms with Gasteiger partial charge in [0.2, 0.25) is 0 Å². The molecule has 0 radical (unpaired) electrons. The number of hydrogen-bond acceptors (Lipinski definition) is 2. The molecule has 0 fully saturated rings. The van der Waals surface area contributed by atoms with E-state index in [1.807, 2.05) is 12.1 Å². The third kappa shape index (κ3) is 4.32. The first-order valence-corrected chi connectivity index (χ1v) is 6.68. The molecule has 0 aliphatic rings. The molecule has 0 aromatic heterocycles. The molecule has 96 valence electrons. The number of benzene rings is 1. The lowest BCUT2D eigenvalue weighted by molar-refractivity contribution is 0.199. The molecule has 0 amide bonds. The minimum atomic E-state index is -0.423. The molecule has 0 saturated carbocycles. The van der Waals surface area contributed by atoms with Crippen LogP contribution in [0.4, 0.5) is 5.69 Å². The van der Waals surface area contributed by atoms with E-state index in [-0.39, 0.29) is 5.41 Å². The lowest BCUT2D eigenvalue weighted by atomic mass is 9.96. The number of halogens is 1. The second-order valence-corrected chi connectivity index (χ2v) is 6.66. The van der Waals surface area contributed by atoms with Crippen LogP contribution in [0.25, 0.3) is 0 Å². The summed E-state index contributed by atoms with van der Waals surface area (Å²) in [7, 11) is 2.09. The fourth-order valence-electron chi connectivity index (χ4n) is 1.89. The molecule has 1 rings (SSSR count). The maximum atomic E-state index is 9.53. The van der Waals surface area contributed by atoms with E-state index in [0.717, 1.165) is 22.3 Å². The lowest BCUT2D eigenvalue weighted by Gasteiger charge is -2.29. The molecule has 0 aliphatic heterocycles. The van der Waals surface area contributed by atoms with Gasteiger partial charge in [-0.25, -0.2) is 0 Å². The monoisotopic (exact) mass is 299 g/mol. The van der Waals surface area contributed by atoms with Crippen LogP contribution >= 0.6 is 15.9 Å². The van der Waals surface area contributed by atoms with E-state index in [0.29, 0.717) is 0 Å². The molecule has 0 aliphatic carbocycles. The molecule has 3 heteroatoms. The van der Waals surface area contributed by atoms with E-state index in [2.05, 4.69) is 54.7 Å². The van der Waals surface area contributed by atoms with Gasteiger partial charge in [-0.3, -0.25) is 0 Å². The minimum Gasteiger partial charge on any atom is -0.389 e. The van der Waals surface area contributed by atoms with Crippen molar-refractivity contribution in [3.05, 3.63) is 28.2 Å². The summed E-state index contributed by atoms with van der Waals surface area (Å²) >= 11 is 3.57. The summed E-state index contributed by atoms with van der Waals surface area (Å²) in [5.41, 5.74) is 2.35. The fourth-order valence-corrected chi connectivity index (χ4v) is 2.59. The number of anilines is 1. The van der Waals surface area contributed by atoms with Crippen molar-refractivity contribution in [2.24, 2.45) is 5.41 Å². The number of aliphatic hydroxyl groups is 1. The lowest BCUT2D eigenvalue weighted by Crippen LogP contribution is -2.29. The first kappa shape index (κ1) is 14.5. The molecular formula is C14H22BrNO. The molecule has 1 aromatic rings. The molecule has 0 unspecified atom stereocenters. The summed E-state index contributed by atoms with van der Waals surface area (Å²) in [6.45, 7) is 9.44. The molecule has 0 spiro atoms. The number of hydrogen-bond donors (Lipinski definition) is 1. The van der Waals surface area contributed by atoms with Crippen LogP contribution in [0.3, 0.4) is 0 Å². The van der Waals surface area contributed by atoms with Gasteiger partial charge in [0, 0.05) is 18.1 Å². The van der Waals surface area contributed by atoms with Gasteiger partial charge in [0.1, 0.15) is 0 Å². The van der Waals surface area contributed by atoms with Crippen LogP contribution in [0, 0.1) is 5.41 Å². The molecular weight excluding hydrogens is 278 g/mol. The normalized spacial score (nSPS) is 13.6. The van der Waals surface area contributed by atoms with Crippen LogP contribution in [0.5, 0.6) is 0 Å². The number of rotatable bonds is 3. The van der Waals surface area contributed by atoms with Crippen LogP contribution in [0.15, 0.2) is 22.7 Å². The highest BCUT2D eigenvalue weighted by atomic mass is 79.9. The average molecular weight is 300 g/mol. The first-order chi connectivity index (χ1) is 7.70. The average Bonchev–Trinajstić information content (AvgIpc) is 2.14. The maximum absolute atomic E-state index is 9.53. The van der Waals surface area contributed by atoms with Crippen molar-refractivity contribution in [3.63, 3.8) is 0 Å². The summed E-state index contributed by atoms with van der Waals surface area (Å²) in [6, 6.07) is 6.01. The van der Waals surface area contributed by atoms with Crippen LogP contribution < -0.4 is 4.90 Å². The van der Waals surface area contributed by atoms with E-state index >= 15 is 0 Å². The maximum Gasteiger partial charge on any atom is 0.0762 e. The van der Waals surface area contributed by atoms with Gasteiger partial charge < -0.3 is 10.0 Å². The number of nitrogens with zero attached hydrogens (tertiary/aromatic N) is 1. The van der Waals surface area contributed by atoms with Crippen molar-refractivity contribution in [2.75, 3.05) is 18.5 Å². The van der Waals surface area contributed by atoms with Crippen molar-refractivity contribution in [2.45, 2.75) is 33.8 Å². The Kier molecular flexibility index (Phi) is 4.62. The van der Waals surface area contributed by atoms with Crippen molar-refractivity contribution in [1.82, 2.24) is 0 Å². The summed E-state index contributed by atoms with van der Waals surface area (Å²) in [5.74, 6) is 0. The third-order valence-corrected chi connectivity index (χ3v) is 3.21. The van der Waals surface area contributed by atoms with E-state index in [4.69, 9.17) is 0 Å². The molecule has 1 atom stereocenters. The van der Waals surface area contributed by atoms with Gasteiger partial charge in [-0.15, -0.1) is 0 Å². The quantitative estimate of drug-likeness (QED) is 0.912. The molecule has 1 aromatic carbocycles. The zero-order valence-electron chi connectivity index (χ0n) is 11.3. The zero-order valence-corrected chi connectivity index (χ0v) is 12.9. The largest absolute Gasteiger partial charge is 0.389 e. The second kappa shape index (κ2) is 5.40. The Balaban J connectivity index is 2.92. The summed E-state index contributed by atoms with van der Waals surface area (Å²) in [6.07, 6.45) is -0.423. The zero-order chi connectivity index (χ0) is 13.2. The highest BCUT2D eigenvalue weighted by Crippen LogP contribution is 2.30. The van der Waals surface area contributed by atoms with E-state index < -0.39 is 6.10 Å². The van der Waals surface area contributed by atoms with Crippen molar-refractivity contribution in [3.8, 4) is 0 Å². The first-order valence-electron chi connectivity index (χ1n) is 5.89. The predicted octanol–water partition coefficient (Wildman–Crippen LogP) is 3.98. The van der Waals surface area contributed by atoms with Gasteiger partial charge in [0.15, 0.2) is 0 Å². The minimum absolute atomic E-state index is 0.261. The second-order valence-electron chi connectivity index (χ2n) is 5.80. The Morgan fingerprint density at radius 2 is 1.94 bits per heavy atom. The summed E-state index contributed by atoms with van der Waals surface area (Å²) < 4.78 is 1.03. The van der Waals surface area contributed by atoms with Crippen molar-refractivity contribution < 1.29 is 5.11 Å². The van der Waals surface area contributed by atoms with Crippen molar-refractivity contribution in [1.29, 1.82) is 0 Å². The summed E-state index contributed by atoms with van der Waals surface area (Å²) in [5, 5.41) is 9.53. The third-order valence-electron chi connectivity index (χ3n) is 2.58. The molecule has 0 saturated heterocycles. The van der Waals surface area contributed by atoms with Gasteiger partial charge in [-0.05, 0) is 46.0 Å². The Bertz CT molecular complexity index is 382. The topological polar surface area (TPSA) is 23.5 Å². The smallest absolute Gasteiger partial charge is 0.0762 e. The van der Waals surface area contributed by atoms with Crippen LogP contribution in [-0.2, 0) is 0 Å². The van der Waals surface area contributed by atoms with Crippen LogP contribution in [0.1, 0.15) is 39.4 Å². The van der Waals surface area contributed by atoms with Gasteiger partial charge in [0.05, 0.1) is 11.8 Å². The van der Waals surface area contributed by atoms with Gasteiger partial charge in [0.25, 0.3) is 0 Å². The summed E-state index contributed by atoms with van der Waals surface area (Å²) in [4.78, 5) is 2.23. The Labute approximate surface area is 113 Å². The van der Waals surface area contributed by atoms with Crippen LogP contribution in [-0.4, -0.2) is 18.7 Å². The molecule has 0 bridgehead atoms. The van der Waals surface area contributed by atoms with Crippen molar-refractivity contribution >= 4 is 21.6 Å². The number of aliphatic hydroxyl groups excluding tert-OH is 1. The molecule has 1 N–H and O–H groups in total. The highest BCUT2D eigenvalue weighted by Gasteiger charge is 2.16. The Hall–Kier alpha value is -0.540. The molecule has 2 nitrogen and oxygen atoms in total. The highest BCUT2D eigenvalue weighted by molar-refractivity contribution is 9.10. The predicted molar refractivity (Wildman–Crippen MR) is 77.5 cm³/mol. The van der Waals surface area contributed by atoms with Crippen LogP contribution in [0.2, 0.25) is 0 Å². The van der Waals surface area contributed by atoms with Gasteiger partial charge in [-0.1, -0.05) is 26.8 Å². The van der Waals surface area contributed by atoms with E-state index in [1.54, 1.807) is 6.92 Å². The molecule has 0 heterocycles. The van der Waals surface area contributed by atoms with E-state index in [1.165, 1.54) is 0 Å².